The van der Waals surface area contributed by atoms with Crippen LogP contribution >= 0.6 is 0 Å². The number of aromatic nitrogens is 1. The van der Waals surface area contributed by atoms with Gasteiger partial charge in [0.15, 0.2) is 0 Å². The molecule has 0 radical (unpaired) electrons. The highest BCUT2D eigenvalue weighted by Crippen LogP contribution is 2.25. The summed E-state index contributed by atoms with van der Waals surface area (Å²) in [4.78, 5) is 32.0. The summed E-state index contributed by atoms with van der Waals surface area (Å²) >= 11 is 0. The minimum atomic E-state index is 0.00166. The standard InChI is InChI=1S/C19H23N3O4/c1-13-17(12-18(24)22-9-7-21(8-10-22)14(2)23)20-19(26-13)15-5-4-6-16(11-15)25-3/h4-6,11H,7-10,12H2,1-3H3. The average molecular weight is 357 g/mol. The van der Waals surface area contributed by atoms with E-state index in [2.05, 4.69) is 4.98 Å². The molecule has 2 heterocycles. The largest absolute Gasteiger partial charge is 0.497 e. The molecule has 2 amide bonds. The molecule has 2 aromatic rings. The quantitative estimate of drug-likeness (QED) is 0.835. The first-order valence-electron chi connectivity index (χ1n) is 8.62. The summed E-state index contributed by atoms with van der Waals surface area (Å²) in [6.07, 6.45) is 0.194. The van der Waals surface area contributed by atoms with Gasteiger partial charge in [0.25, 0.3) is 0 Å². The van der Waals surface area contributed by atoms with E-state index in [4.69, 9.17) is 9.15 Å². The molecule has 7 heteroatoms. The Morgan fingerprint density at radius 1 is 1.19 bits per heavy atom. The van der Waals surface area contributed by atoms with Crippen LogP contribution in [0.1, 0.15) is 18.4 Å². The second-order valence-electron chi connectivity index (χ2n) is 6.32. The normalized spacial score (nSPS) is 14.4. The van der Waals surface area contributed by atoms with Crippen LogP contribution in [0, 0.1) is 6.92 Å². The SMILES string of the molecule is COc1cccc(-c2nc(CC(=O)N3CCN(C(C)=O)CC3)c(C)o2)c1. The molecule has 1 aliphatic heterocycles. The fourth-order valence-corrected chi connectivity index (χ4v) is 3.00. The van der Waals surface area contributed by atoms with Gasteiger partial charge in [0.2, 0.25) is 17.7 Å². The number of methoxy groups -OCH3 is 1. The molecule has 0 unspecified atom stereocenters. The van der Waals surface area contributed by atoms with Gasteiger partial charge in [-0.1, -0.05) is 6.07 Å². The van der Waals surface area contributed by atoms with Gasteiger partial charge >= 0.3 is 0 Å². The predicted molar refractivity (Wildman–Crippen MR) is 95.8 cm³/mol. The van der Waals surface area contributed by atoms with Crippen molar-refractivity contribution >= 4 is 11.8 Å². The van der Waals surface area contributed by atoms with E-state index < -0.39 is 0 Å². The molecule has 1 fully saturated rings. The van der Waals surface area contributed by atoms with Gasteiger partial charge in [-0.25, -0.2) is 4.98 Å². The Kier molecular flexibility index (Phi) is 5.25. The maximum Gasteiger partial charge on any atom is 0.228 e. The number of rotatable bonds is 4. The first-order chi connectivity index (χ1) is 12.5. The second kappa shape index (κ2) is 7.59. The maximum atomic E-state index is 12.6. The Labute approximate surface area is 152 Å². The summed E-state index contributed by atoms with van der Waals surface area (Å²) in [5, 5.41) is 0. The number of hydrogen-bond donors (Lipinski definition) is 0. The summed E-state index contributed by atoms with van der Waals surface area (Å²) < 4.78 is 11.0. The lowest BCUT2D eigenvalue weighted by molar-refractivity contribution is -0.138. The molecule has 26 heavy (non-hydrogen) atoms. The van der Waals surface area contributed by atoms with E-state index >= 15 is 0 Å². The number of aryl methyl sites for hydroxylation is 1. The van der Waals surface area contributed by atoms with Crippen LogP contribution in [0.25, 0.3) is 11.5 Å². The number of oxazole rings is 1. The highest BCUT2D eigenvalue weighted by atomic mass is 16.5. The van der Waals surface area contributed by atoms with Crippen molar-refractivity contribution in [3.63, 3.8) is 0 Å². The Hall–Kier alpha value is -2.83. The van der Waals surface area contributed by atoms with Gasteiger partial charge < -0.3 is 19.0 Å². The Morgan fingerprint density at radius 2 is 1.88 bits per heavy atom. The van der Waals surface area contributed by atoms with Crippen molar-refractivity contribution in [2.75, 3.05) is 33.3 Å². The van der Waals surface area contributed by atoms with E-state index in [1.807, 2.05) is 31.2 Å². The molecule has 0 saturated carbocycles. The zero-order chi connectivity index (χ0) is 18.7. The van der Waals surface area contributed by atoms with Gasteiger partial charge in [-0.05, 0) is 25.1 Å². The zero-order valence-corrected chi connectivity index (χ0v) is 15.3. The van der Waals surface area contributed by atoms with Gasteiger partial charge in [0.1, 0.15) is 11.5 Å². The highest BCUT2D eigenvalue weighted by Gasteiger charge is 2.24. The molecule has 0 atom stereocenters. The monoisotopic (exact) mass is 357 g/mol. The molecule has 3 rings (SSSR count). The van der Waals surface area contributed by atoms with Crippen LogP contribution in [0.15, 0.2) is 28.7 Å². The summed E-state index contributed by atoms with van der Waals surface area (Å²) in [5.74, 6) is 1.89. The number of carbonyl (C=O) groups excluding carboxylic acids is 2. The van der Waals surface area contributed by atoms with Gasteiger partial charge in [-0.15, -0.1) is 0 Å². The fraction of sp³-hybridized carbons (Fsp3) is 0.421. The highest BCUT2D eigenvalue weighted by molar-refractivity contribution is 5.79. The molecule has 0 bridgehead atoms. The Morgan fingerprint density at radius 3 is 2.54 bits per heavy atom. The van der Waals surface area contributed by atoms with Crippen LogP contribution in [0.5, 0.6) is 5.75 Å². The van der Waals surface area contributed by atoms with E-state index in [1.165, 1.54) is 0 Å². The first kappa shape index (κ1) is 18.0. The van der Waals surface area contributed by atoms with Gasteiger partial charge in [0, 0.05) is 38.7 Å². The molecule has 1 aromatic carbocycles. The summed E-state index contributed by atoms with van der Waals surface area (Å²) in [6, 6.07) is 7.45. The number of piperazine rings is 1. The van der Waals surface area contributed by atoms with Crippen molar-refractivity contribution in [1.82, 2.24) is 14.8 Å². The average Bonchev–Trinajstić information content (AvgIpc) is 3.02. The van der Waals surface area contributed by atoms with Crippen molar-refractivity contribution in [1.29, 1.82) is 0 Å². The molecule has 138 valence electrons. The van der Waals surface area contributed by atoms with Crippen LogP contribution in [-0.2, 0) is 16.0 Å². The molecule has 7 nitrogen and oxygen atoms in total. The molecule has 0 N–H and O–H groups in total. The van der Waals surface area contributed by atoms with Crippen molar-refractivity contribution in [2.24, 2.45) is 0 Å². The summed E-state index contributed by atoms with van der Waals surface area (Å²) in [7, 11) is 1.61. The Balaban J connectivity index is 1.68. The van der Waals surface area contributed by atoms with Crippen molar-refractivity contribution in [2.45, 2.75) is 20.3 Å². The summed E-state index contributed by atoms with van der Waals surface area (Å²) in [5.41, 5.74) is 1.45. The van der Waals surface area contributed by atoms with Crippen LogP contribution in [0.2, 0.25) is 0 Å². The lowest BCUT2D eigenvalue weighted by Gasteiger charge is -2.34. The zero-order valence-electron chi connectivity index (χ0n) is 15.3. The lowest BCUT2D eigenvalue weighted by atomic mass is 10.2. The van der Waals surface area contributed by atoms with E-state index in [0.29, 0.717) is 43.5 Å². The smallest absolute Gasteiger partial charge is 0.228 e. The molecule has 1 aliphatic rings. The van der Waals surface area contributed by atoms with Crippen LogP contribution in [-0.4, -0.2) is 59.9 Å². The van der Waals surface area contributed by atoms with E-state index in [9.17, 15) is 9.59 Å². The van der Waals surface area contributed by atoms with E-state index in [-0.39, 0.29) is 18.2 Å². The first-order valence-corrected chi connectivity index (χ1v) is 8.62. The van der Waals surface area contributed by atoms with Gasteiger partial charge in [-0.3, -0.25) is 9.59 Å². The molecule has 1 aromatic heterocycles. The summed E-state index contributed by atoms with van der Waals surface area (Å²) in [6.45, 7) is 5.63. The number of benzene rings is 1. The topological polar surface area (TPSA) is 75.9 Å². The third-order valence-corrected chi connectivity index (χ3v) is 4.61. The predicted octanol–water partition coefficient (Wildman–Crippen LogP) is 1.89. The number of carbonyl (C=O) groups is 2. The second-order valence-corrected chi connectivity index (χ2v) is 6.32. The molecule has 0 spiro atoms. The van der Waals surface area contributed by atoms with Crippen LogP contribution in [0.4, 0.5) is 0 Å². The molecule has 0 aliphatic carbocycles. The van der Waals surface area contributed by atoms with Crippen molar-refractivity contribution in [3.8, 4) is 17.2 Å². The van der Waals surface area contributed by atoms with Crippen LogP contribution in [0.3, 0.4) is 0 Å². The lowest BCUT2D eigenvalue weighted by Crippen LogP contribution is -2.50. The number of nitrogens with zero attached hydrogens (tertiary/aromatic N) is 3. The Bertz CT molecular complexity index is 807. The van der Waals surface area contributed by atoms with Crippen molar-refractivity contribution < 1.29 is 18.7 Å². The number of hydrogen-bond acceptors (Lipinski definition) is 5. The van der Waals surface area contributed by atoms with Crippen molar-refractivity contribution in [3.05, 3.63) is 35.7 Å². The minimum absolute atomic E-state index is 0.00166. The molecular weight excluding hydrogens is 334 g/mol. The van der Waals surface area contributed by atoms with Crippen LogP contribution < -0.4 is 4.74 Å². The molecule has 1 saturated heterocycles. The third kappa shape index (κ3) is 3.87. The third-order valence-electron chi connectivity index (χ3n) is 4.61. The minimum Gasteiger partial charge on any atom is -0.497 e. The number of amides is 2. The van der Waals surface area contributed by atoms with Gasteiger partial charge in [0.05, 0.1) is 19.2 Å². The molecular formula is C19H23N3O4. The van der Waals surface area contributed by atoms with Gasteiger partial charge in [-0.2, -0.15) is 0 Å². The maximum absolute atomic E-state index is 12.6. The van der Waals surface area contributed by atoms with E-state index in [1.54, 1.807) is 23.8 Å². The fourth-order valence-electron chi connectivity index (χ4n) is 3.00. The van der Waals surface area contributed by atoms with E-state index in [0.717, 1.165) is 11.3 Å². The number of ether oxygens (including phenoxy) is 1.